The standard InChI is InChI=1S/C15H24N4OS/c1-12-3-2-4-15(16,11-12)13(20)18-6-8-19(9-7-18)14-17-5-10-21-14/h5,10,12H,2-4,6-9,11,16H2,1H3. The Morgan fingerprint density at radius 3 is 2.81 bits per heavy atom. The maximum atomic E-state index is 12.8. The molecule has 2 aliphatic rings. The van der Waals surface area contributed by atoms with E-state index in [-0.39, 0.29) is 5.91 Å². The Balaban J connectivity index is 1.60. The maximum absolute atomic E-state index is 12.8. The zero-order chi connectivity index (χ0) is 14.9. The van der Waals surface area contributed by atoms with Gasteiger partial charge < -0.3 is 15.5 Å². The number of hydrogen-bond donors (Lipinski definition) is 1. The summed E-state index contributed by atoms with van der Waals surface area (Å²) < 4.78 is 0. The van der Waals surface area contributed by atoms with Gasteiger partial charge in [0, 0.05) is 37.8 Å². The topological polar surface area (TPSA) is 62.5 Å². The van der Waals surface area contributed by atoms with Crippen LogP contribution in [0.25, 0.3) is 0 Å². The van der Waals surface area contributed by atoms with Gasteiger partial charge in [0.15, 0.2) is 5.13 Å². The van der Waals surface area contributed by atoms with Gasteiger partial charge in [-0.3, -0.25) is 4.79 Å². The third kappa shape index (κ3) is 3.06. The van der Waals surface area contributed by atoms with Crippen molar-refractivity contribution in [1.82, 2.24) is 9.88 Å². The molecule has 0 radical (unpaired) electrons. The van der Waals surface area contributed by atoms with Crippen LogP contribution in [-0.4, -0.2) is 47.5 Å². The summed E-state index contributed by atoms with van der Waals surface area (Å²) in [5, 5.41) is 3.04. The van der Waals surface area contributed by atoms with Gasteiger partial charge >= 0.3 is 0 Å². The molecule has 0 bridgehead atoms. The summed E-state index contributed by atoms with van der Waals surface area (Å²) in [6.07, 6.45) is 5.77. The predicted molar refractivity (Wildman–Crippen MR) is 85.5 cm³/mol. The van der Waals surface area contributed by atoms with Crippen LogP contribution in [0.4, 0.5) is 5.13 Å². The molecular formula is C15H24N4OS. The van der Waals surface area contributed by atoms with E-state index >= 15 is 0 Å². The summed E-state index contributed by atoms with van der Waals surface area (Å²) in [4.78, 5) is 21.3. The van der Waals surface area contributed by atoms with Crippen LogP contribution in [0.3, 0.4) is 0 Å². The second kappa shape index (κ2) is 5.93. The third-order valence-corrected chi connectivity index (χ3v) is 5.55. The minimum Gasteiger partial charge on any atom is -0.345 e. The fraction of sp³-hybridized carbons (Fsp3) is 0.733. The molecule has 0 aromatic carbocycles. The van der Waals surface area contributed by atoms with Crippen LogP contribution in [0.1, 0.15) is 32.6 Å². The number of amides is 1. The van der Waals surface area contributed by atoms with Gasteiger partial charge in [-0.05, 0) is 18.8 Å². The average molecular weight is 308 g/mol. The molecule has 3 rings (SSSR count). The van der Waals surface area contributed by atoms with E-state index in [0.717, 1.165) is 50.6 Å². The first-order chi connectivity index (χ1) is 10.1. The van der Waals surface area contributed by atoms with Crippen LogP contribution < -0.4 is 10.6 Å². The molecule has 5 nitrogen and oxygen atoms in total. The van der Waals surface area contributed by atoms with Gasteiger partial charge in [-0.15, -0.1) is 11.3 Å². The van der Waals surface area contributed by atoms with Crippen molar-refractivity contribution in [2.75, 3.05) is 31.1 Å². The van der Waals surface area contributed by atoms with Crippen molar-refractivity contribution in [3.8, 4) is 0 Å². The van der Waals surface area contributed by atoms with Gasteiger partial charge in [-0.25, -0.2) is 4.98 Å². The molecule has 2 fully saturated rings. The number of aromatic nitrogens is 1. The molecular weight excluding hydrogens is 284 g/mol. The highest BCUT2D eigenvalue weighted by Crippen LogP contribution is 2.32. The number of anilines is 1. The lowest BCUT2D eigenvalue weighted by Crippen LogP contribution is -2.61. The number of nitrogens with two attached hydrogens (primary N) is 1. The zero-order valence-corrected chi connectivity index (χ0v) is 13.4. The number of nitrogens with zero attached hydrogens (tertiary/aromatic N) is 3. The molecule has 2 heterocycles. The van der Waals surface area contributed by atoms with Crippen LogP contribution >= 0.6 is 11.3 Å². The van der Waals surface area contributed by atoms with E-state index in [9.17, 15) is 4.79 Å². The van der Waals surface area contributed by atoms with E-state index in [2.05, 4.69) is 16.8 Å². The van der Waals surface area contributed by atoms with Crippen molar-refractivity contribution in [2.45, 2.75) is 38.1 Å². The van der Waals surface area contributed by atoms with Gasteiger partial charge in [-0.2, -0.15) is 0 Å². The summed E-state index contributed by atoms with van der Waals surface area (Å²) in [6.45, 7) is 5.42. The molecule has 1 saturated carbocycles. The van der Waals surface area contributed by atoms with Crippen molar-refractivity contribution in [1.29, 1.82) is 0 Å². The molecule has 21 heavy (non-hydrogen) atoms. The van der Waals surface area contributed by atoms with Crippen molar-refractivity contribution < 1.29 is 4.79 Å². The lowest BCUT2D eigenvalue weighted by molar-refractivity contribution is -0.139. The van der Waals surface area contributed by atoms with Crippen molar-refractivity contribution in [2.24, 2.45) is 11.7 Å². The Morgan fingerprint density at radius 2 is 2.19 bits per heavy atom. The first kappa shape index (κ1) is 14.8. The normalized spacial score (nSPS) is 30.5. The monoisotopic (exact) mass is 308 g/mol. The molecule has 2 atom stereocenters. The van der Waals surface area contributed by atoms with Gasteiger partial charge in [0.1, 0.15) is 0 Å². The lowest BCUT2D eigenvalue weighted by atomic mass is 9.76. The number of hydrogen-bond acceptors (Lipinski definition) is 5. The summed E-state index contributed by atoms with van der Waals surface area (Å²) >= 11 is 1.65. The fourth-order valence-electron chi connectivity index (χ4n) is 3.57. The van der Waals surface area contributed by atoms with Crippen LogP contribution in [0.2, 0.25) is 0 Å². The Morgan fingerprint density at radius 1 is 1.43 bits per heavy atom. The van der Waals surface area contributed by atoms with E-state index in [1.807, 2.05) is 16.5 Å². The minimum atomic E-state index is -0.624. The molecule has 1 saturated heterocycles. The largest absolute Gasteiger partial charge is 0.345 e. The Kier molecular flexibility index (Phi) is 4.17. The highest BCUT2D eigenvalue weighted by Gasteiger charge is 2.41. The van der Waals surface area contributed by atoms with Crippen LogP contribution in [0.5, 0.6) is 0 Å². The van der Waals surface area contributed by atoms with Crippen LogP contribution in [0, 0.1) is 5.92 Å². The number of thiazole rings is 1. The zero-order valence-electron chi connectivity index (χ0n) is 12.6. The van der Waals surface area contributed by atoms with E-state index in [1.54, 1.807) is 11.3 Å². The number of rotatable bonds is 2. The van der Waals surface area contributed by atoms with Crippen LogP contribution in [-0.2, 0) is 4.79 Å². The van der Waals surface area contributed by atoms with Gasteiger partial charge in [0.05, 0.1) is 5.54 Å². The molecule has 0 spiro atoms. The van der Waals surface area contributed by atoms with E-state index < -0.39 is 5.54 Å². The number of carbonyl (C=O) groups excluding carboxylic acids is 1. The summed E-state index contributed by atoms with van der Waals surface area (Å²) in [6, 6.07) is 0. The molecule has 1 aliphatic carbocycles. The van der Waals surface area contributed by atoms with Gasteiger partial charge in [0.25, 0.3) is 0 Å². The molecule has 1 aromatic rings. The predicted octanol–water partition coefficient (Wildman–Crippen LogP) is 1.70. The van der Waals surface area contributed by atoms with Crippen molar-refractivity contribution in [3.63, 3.8) is 0 Å². The lowest BCUT2D eigenvalue weighted by Gasteiger charge is -2.42. The summed E-state index contributed by atoms with van der Waals surface area (Å²) in [5.74, 6) is 0.720. The van der Waals surface area contributed by atoms with Crippen LogP contribution in [0.15, 0.2) is 11.6 Å². The highest BCUT2D eigenvalue weighted by molar-refractivity contribution is 7.13. The second-order valence-electron chi connectivity index (χ2n) is 6.45. The van der Waals surface area contributed by atoms with E-state index in [1.165, 1.54) is 6.42 Å². The van der Waals surface area contributed by atoms with E-state index in [4.69, 9.17) is 5.73 Å². The van der Waals surface area contributed by atoms with Gasteiger partial charge in [-0.1, -0.05) is 19.8 Å². The second-order valence-corrected chi connectivity index (χ2v) is 7.32. The Labute approximate surface area is 130 Å². The maximum Gasteiger partial charge on any atom is 0.242 e. The molecule has 1 amide bonds. The molecule has 116 valence electrons. The van der Waals surface area contributed by atoms with Gasteiger partial charge in [0.2, 0.25) is 5.91 Å². The quantitative estimate of drug-likeness (QED) is 0.903. The number of carbonyl (C=O) groups is 1. The molecule has 2 unspecified atom stereocenters. The third-order valence-electron chi connectivity index (χ3n) is 4.72. The molecule has 1 aromatic heterocycles. The molecule has 1 aliphatic heterocycles. The summed E-state index contributed by atoms with van der Waals surface area (Å²) in [7, 11) is 0. The first-order valence-electron chi connectivity index (χ1n) is 7.81. The molecule has 2 N–H and O–H groups in total. The fourth-order valence-corrected chi connectivity index (χ4v) is 4.27. The highest BCUT2D eigenvalue weighted by atomic mass is 32.1. The Bertz CT molecular complexity index is 484. The summed E-state index contributed by atoms with van der Waals surface area (Å²) in [5.41, 5.74) is 5.81. The number of piperazine rings is 1. The average Bonchev–Trinajstić information content (AvgIpc) is 3.00. The molecule has 6 heteroatoms. The van der Waals surface area contributed by atoms with E-state index in [0.29, 0.717) is 5.92 Å². The SMILES string of the molecule is CC1CCCC(N)(C(=O)N2CCN(c3nccs3)CC2)C1. The Hall–Kier alpha value is -1.14. The smallest absolute Gasteiger partial charge is 0.242 e. The first-order valence-corrected chi connectivity index (χ1v) is 8.69. The minimum absolute atomic E-state index is 0.160. The van der Waals surface area contributed by atoms with Crippen molar-refractivity contribution in [3.05, 3.63) is 11.6 Å². The van der Waals surface area contributed by atoms with Crippen molar-refractivity contribution >= 4 is 22.4 Å².